The fourth-order valence-electron chi connectivity index (χ4n) is 2.77. The number of rotatable bonds is 5. The average Bonchev–Trinajstić information content (AvgIpc) is 2.97. The lowest BCUT2D eigenvalue weighted by Crippen LogP contribution is -2.29. The van der Waals surface area contributed by atoms with E-state index in [0.717, 1.165) is 5.56 Å². The molecule has 0 aliphatic carbocycles. The van der Waals surface area contributed by atoms with Gasteiger partial charge >= 0.3 is 0 Å². The Labute approximate surface area is 149 Å². The van der Waals surface area contributed by atoms with Crippen LogP contribution in [-0.2, 0) is 9.53 Å². The predicted molar refractivity (Wildman–Crippen MR) is 94.6 cm³/mol. The molecule has 2 atom stereocenters. The highest BCUT2D eigenvalue weighted by molar-refractivity contribution is 8.00. The fourth-order valence-corrected chi connectivity index (χ4v) is 3.94. The number of benzene rings is 1. The lowest BCUT2D eigenvalue weighted by atomic mass is 10.1. The highest BCUT2D eigenvalue weighted by atomic mass is 32.2. The second kappa shape index (κ2) is 7.51. The van der Waals surface area contributed by atoms with Gasteiger partial charge in [0, 0.05) is 6.61 Å². The van der Waals surface area contributed by atoms with Crippen LogP contribution in [0.3, 0.4) is 0 Å². The Bertz CT molecular complexity index is 769. The Balaban J connectivity index is 1.92. The normalized spacial score (nSPS) is 18.6. The van der Waals surface area contributed by atoms with Crippen LogP contribution < -0.4 is 4.90 Å². The molecule has 3 rings (SSSR count). The van der Waals surface area contributed by atoms with Crippen molar-refractivity contribution >= 4 is 23.4 Å². The van der Waals surface area contributed by atoms with Crippen molar-refractivity contribution in [2.45, 2.75) is 25.5 Å². The maximum Gasteiger partial charge on any atom is 0.238 e. The zero-order valence-corrected chi connectivity index (χ0v) is 14.8. The molecule has 0 radical (unpaired) electrons. The number of aromatic nitrogens is 1. The highest BCUT2D eigenvalue weighted by Gasteiger charge is 2.35. The molecule has 0 bridgehead atoms. The molecule has 1 N–H and O–H groups in total. The minimum absolute atomic E-state index is 0.0256. The summed E-state index contributed by atoms with van der Waals surface area (Å²) < 4.78 is 18.3. The number of halogens is 1. The number of aliphatic hydroxyl groups excluding tert-OH is 1. The first-order valence-corrected chi connectivity index (χ1v) is 9.02. The second-order valence-corrected chi connectivity index (χ2v) is 6.70. The van der Waals surface area contributed by atoms with Crippen molar-refractivity contribution in [1.29, 1.82) is 0 Å². The summed E-state index contributed by atoms with van der Waals surface area (Å²) in [4.78, 5) is 18.5. The molecule has 25 heavy (non-hydrogen) atoms. The van der Waals surface area contributed by atoms with Gasteiger partial charge in [-0.25, -0.2) is 4.39 Å². The van der Waals surface area contributed by atoms with E-state index in [0.29, 0.717) is 29.4 Å². The molecular formula is C18H19FN2O3S. The van der Waals surface area contributed by atoms with Crippen molar-refractivity contribution in [2.75, 3.05) is 17.3 Å². The minimum atomic E-state index is -1.09. The van der Waals surface area contributed by atoms with Gasteiger partial charge in [0.1, 0.15) is 11.2 Å². The first-order chi connectivity index (χ1) is 12.0. The molecule has 0 spiro atoms. The van der Waals surface area contributed by atoms with Gasteiger partial charge in [-0.1, -0.05) is 12.1 Å². The van der Waals surface area contributed by atoms with Crippen LogP contribution in [0.25, 0.3) is 0 Å². The zero-order valence-electron chi connectivity index (χ0n) is 14.0. The van der Waals surface area contributed by atoms with Gasteiger partial charge in [-0.2, -0.15) is 0 Å². The van der Waals surface area contributed by atoms with Gasteiger partial charge in [0.05, 0.1) is 22.8 Å². The number of carbonyl (C=O) groups is 1. The summed E-state index contributed by atoms with van der Waals surface area (Å²) in [6, 6.07) is 9.58. The van der Waals surface area contributed by atoms with Crippen molar-refractivity contribution in [1.82, 2.24) is 4.98 Å². The van der Waals surface area contributed by atoms with Crippen LogP contribution in [-0.4, -0.2) is 28.4 Å². The van der Waals surface area contributed by atoms with Crippen LogP contribution in [0.2, 0.25) is 0 Å². The molecule has 2 unspecified atom stereocenters. The molecule has 1 aliphatic rings. The number of anilines is 1. The van der Waals surface area contributed by atoms with E-state index in [2.05, 4.69) is 4.98 Å². The van der Waals surface area contributed by atoms with Crippen LogP contribution >= 0.6 is 11.8 Å². The van der Waals surface area contributed by atoms with Crippen molar-refractivity contribution in [3.63, 3.8) is 0 Å². The van der Waals surface area contributed by atoms with Gasteiger partial charge in [-0.3, -0.25) is 14.7 Å². The summed E-state index contributed by atoms with van der Waals surface area (Å²) in [6.07, 6.45) is -1.09. The number of aliphatic hydroxyl groups is 1. The summed E-state index contributed by atoms with van der Waals surface area (Å²) in [5, 5.41) is 9.68. The van der Waals surface area contributed by atoms with Gasteiger partial charge in [0.15, 0.2) is 6.29 Å². The molecule has 0 saturated carbocycles. The Morgan fingerprint density at radius 1 is 1.36 bits per heavy atom. The second-order valence-electron chi connectivity index (χ2n) is 5.63. The van der Waals surface area contributed by atoms with Gasteiger partial charge in [0.2, 0.25) is 5.91 Å². The maximum atomic E-state index is 13.2. The third kappa shape index (κ3) is 3.68. The van der Waals surface area contributed by atoms with Crippen LogP contribution in [0.4, 0.5) is 10.1 Å². The summed E-state index contributed by atoms with van der Waals surface area (Å²) in [6.45, 7) is 3.95. The fraction of sp³-hybridized carbons (Fsp3) is 0.333. The smallest absolute Gasteiger partial charge is 0.238 e. The Kier molecular flexibility index (Phi) is 5.36. The largest absolute Gasteiger partial charge is 0.363 e. The number of nitrogens with zero attached hydrogens (tertiary/aromatic N) is 2. The Morgan fingerprint density at radius 3 is 2.72 bits per heavy atom. The molecule has 1 amide bonds. The molecule has 2 heterocycles. The van der Waals surface area contributed by atoms with Crippen LogP contribution in [0.1, 0.15) is 35.5 Å². The van der Waals surface area contributed by atoms with Crippen molar-refractivity contribution < 1.29 is 19.0 Å². The van der Waals surface area contributed by atoms with E-state index in [1.807, 2.05) is 0 Å². The lowest BCUT2D eigenvalue weighted by molar-refractivity contribution is -0.115. The minimum Gasteiger partial charge on any atom is -0.363 e. The van der Waals surface area contributed by atoms with Crippen LogP contribution in [0.5, 0.6) is 0 Å². The Hall–Kier alpha value is -1.96. The number of hydrogen-bond donors (Lipinski definition) is 1. The predicted octanol–water partition coefficient (Wildman–Crippen LogP) is 3.34. The lowest BCUT2D eigenvalue weighted by Gasteiger charge is -2.26. The third-order valence-electron chi connectivity index (χ3n) is 3.94. The topological polar surface area (TPSA) is 62.7 Å². The number of aryl methyl sites for hydroxylation is 1. The van der Waals surface area contributed by atoms with E-state index >= 15 is 0 Å². The molecule has 2 aromatic rings. The molecule has 1 aromatic heterocycles. The number of pyridine rings is 1. The van der Waals surface area contributed by atoms with Gasteiger partial charge in [-0.05, 0) is 43.7 Å². The number of amides is 1. The van der Waals surface area contributed by atoms with Crippen molar-refractivity contribution in [2.24, 2.45) is 0 Å². The standard InChI is InChI=1S/C18H19FN2O3S/c1-3-24-18(23)14-8-9-15(11(2)20-14)21-16(22)10-25-17(21)12-4-6-13(19)7-5-12/h4-9,17-18,23H,3,10H2,1-2H3. The first kappa shape index (κ1) is 17.8. The highest BCUT2D eigenvalue weighted by Crippen LogP contribution is 2.42. The van der Waals surface area contributed by atoms with Crippen molar-refractivity contribution in [3.8, 4) is 0 Å². The molecule has 1 aromatic carbocycles. The molecule has 1 saturated heterocycles. The molecular weight excluding hydrogens is 343 g/mol. The quantitative estimate of drug-likeness (QED) is 0.827. The van der Waals surface area contributed by atoms with Gasteiger partial charge in [0.25, 0.3) is 0 Å². The SMILES string of the molecule is CCOC(O)c1ccc(N2C(=O)CSC2c2ccc(F)cc2)c(C)n1. The zero-order chi connectivity index (χ0) is 18.0. The molecule has 132 valence electrons. The van der Waals surface area contributed by atoms with E-state index in [1.54, 1.807) is 43.0 Å². The van der Waals surface area contributed by atoms with Gasteiger partial charge < -0.3 is 9.84 Å². The number of thioether (sulfide) groups is 1. The third-order valence-corrected chi connectivity index (χ3v) is 5.15. The van der Waals surface area contributed by atoms with E-state index in [4.69, 9.17) is 4.74 Å². The van der Waals surface area contributed by atoms with E-state index in [-0.39, 0.29) is 17.1 Å². The van der Waals surface area contributed by atoms with Crippen LogP contribution in [0.15, 0.2) is 36.4 Å². The number of ether oxygens (including phenoxy) is 1. The first-order valence-electron chi connectivity index (χ1n) is 7.97. The van der Waals surface area contributed by atoms with E-state index < -0.39 is 6.29 Å². The monoisotopic (exact) mass is 362 g/mol. The summed E-state index contributed by atoms with van der Waals surface area (Å²) in [5.74, 6) is 0.0178. The van der Waals surface area contributed by atoms with E-state index in [9.17, 15) is 14.3 Å². The summed E-state index contributed by atoms with van der Waals surface area (Å²) in [7, 11) is 0. The molecule has 1 aliphatic heterocycles. The number of hydrogen-bond acceptors (Lipinski definition) is 5. The molecule has 1 fully saturated rings. The van der Waals surface area contributed by atoms with E-state index in [1.165, 1.54) is 23.9 Å². The maximum absolute atomic E-state index is 13.2. The number of carbonyl (C=O) groups excluding carboxylic acids is 1. The summed E-state index contributed by atoms with van der Waals surface area (Å²) >= 11 is 1.49. The molecule has 7 heteroatoms. The van der Waals surface area contributed by atoms with Crippen LogP contribution in [0, 0.1) is 12.7 Å². The summed E-state index contributed by atoms with van der Waals surface area (Å²) in [5.41, 5.74) is 2.56. The van der Waals surface area contributed by atoms with Crippen molar-refractivity contribution in [3.05, 3.63) is 59.2 Å². The Morgan fingerprint density at radius 2 is 2.08 bits per heavy atom. The average molecular weight is 362 g/mol. The molecule has 5 nitrogen and oxygen atoms in total. The van der Waals surface area contributed by atoms with Gasteiger partial charge in [-0.15, -0.1) is 11.8 Å².